The number of halogens is 3. The fourth-order valence-corrected chi connectivity index (χ4v) is 1.43. The second-order valence-corrected chi connectivity index (χ2v) is 3.55. The van der Waals surface area contributed by atoms with Gasteiger partial charge in [-0.2, -0.15) is 13.2 Å². The van der Waals surface area contributed by atoms with E-state index >= 15 is 0 Å². The van der Waals surface area contributed by atoms with Gasteiger partial charge in [0.05, 0.1) is 5.56 Å². The van der Waals surface area contributed by atoms with Gasteiger partial charge in [-0.15, -0.1) is 10.2 Å². The van der Waals surface area contributed by atoms with Crippen molar-refractivity contribution >= 4 is 11.6 Å². The van der Waals surface area contributed by atoms with Crippen molar-refractivity contribution in [3.63, 3.8) is 0 Å². The zero-order valence-corrected chi connectivity index (χ0v) is 8.94. The first-order valence-electron chi connectivity index (χ1n) is 4.73. The summed E-state index contributed by atoms with van der Waals surface area (Å²) in [4.78, 5) is 0. The molecule has 0 aliphatic carbocycles. The van der Waals surface area contributed by atoms with E-state index in [-0.39, 0.29) is 23.0 Å². The largest absolute Gasteiger partial charge is 0.416 e. The van der Waals surface area contributed by atoms with Crippen molar-refractivity contribution < 1.29 is 13.2 Å². The van der Waals surface area contributed by atoms with Gasteiger partial charge in [0.1, 0.15) is 0 Å². The normalized spacial score (nSPS) is 11.7. The first kappa shape index (κ1) is 12.0. The quantitative estimate of drug-likeness (QED) is 0.518. The van der Waals surface area contributed by atoms with Crippen LogP contribution in [0, 0.1) is 0 Å². The number of nitrogens with zero attached hydrogens (tertiary/aromatic N) is 3. The summed E-state index contributed by atoms with van der Waals surface area (Å²) in [5.41, 5.74) is 10.2. The summed E-state index contributed by atoms with van der Waals surface area (Å²) < 4.78 is 38.3. The molecule has 0 bridgehead atoms. The summed E-state index contributed by atoms with van der Waals surface area (Å²) in [5.74, 6) is 5.55. The Balaban J connectivity index is 2.52. The topological polar surface area (TPSA) is 109 Å². The maximum absolute atomic E-state index is 12.5. The molecule has 0 unspecified atom stereocenters. The average molecular weight is 258 g/mol. The van der Waals surface area contributed by atoms with Crippen LogP contribution >= 0.6 is 0 Å². The number of aromatic nitrogens is 3. The molecule has 0 fully saturated rings. The zero-order valence-electron chi connectivity index (χ0n) is 8.94. The molecule has 6 N–H and O–H groups in total. The summed E-state index contributed by atoms with van der Waals surface area (Å²) in [6.45, 7) is 0. The van der Waals surface area contributed by atoms with Crippen LogP contribution in [0.2, 0.25) is 0 Å². The highest BCUT2D eigenvalue weighted by atomic mass is 19.4. The molecule has 96 valence electrons. The van der Waals surface area contributed by atoms with Crippen molar-refractivity contribution in [1.29, 1.82) is 0 Å². The summed E-state index contributed by atoms with van der Waals surface area (Å²) in [6, 6.07) is 2.86. The van der Waals surface area contributed by atoms with Crippen molar-refractivity contribution in [3.8, 4) is 11.4 Å². The average Bonchev–Trinajstić information content (AvgIpc) is 2.59. The third-order valence-electron chi connectivity index (χ3n) is 2.34. The predicted molar refractivity (Wildman–Crippen MR) is 59.4 cm³/mol. The first-order valence-corrected chi connectivity index (χ1v) is 4.73. The lowest BCUT2D eigenvalue weighted by Crippen LogP contribution is -2.14. The Morgan fingerprint density at radius 2 is 1.78 bits per heavy atom. The number of anilines is 2. The summed E-state index contributed by atoms with van der Waals surface area (Å²) in [5, 5.41) is 7.13. The molecule has 0 saturated carbocycles. The monoisotopic (exact) mass is 258 g/mol. The highest BCUT2D eigenvalue weighted by molar-refractivity contribution is 5.73. The van der Waals surface area contributed by atoms with E-state index in [1.54, 1.807) is 0 Å². The van der Waals surface area contributed by atoms with E-state index in [4.69, 9.17) is 17.3 Å². The molecular formula is C9H9F3N6. The van der Waals surface area contributed by atoms with Crippen LogP contribution < -0.4 is 17.3 Å². The van der Waals surface area contributed by atoms with E-state index in [9.17, 15) is 13.2 Å². The molecule has 0 aliphatic heterocycles. The van der Waals surface area contributed by atoms with Gasteiger partial charge < -0.3 is 17.3 Å². The number of nitrogens with two attached hydrogens (primary N) is 3. The molecule has 6 nitrogen and oxygen atoms in total. The van der Waals surface area contributed by atoms with Gasteiger partial charge in [-0.25, -0.2) is 4.68 Å². The van der Waals surface area contributed by atoms with Crippen molar-refractivity contribution in [3.05, 3.63) is 23.8 Å². The summed E-state index contributed by atoms with van der Waals surface area (Å²) in [7, 11) is 0. The Hall–Kier alpha value is -2.45. The smallest absolute Gasteiger partial charge is 0.398 e. The van der Waals surface area contributed by atoms with Gasteiger partial charge in [0, 0.05) is 11.3 Å². The molecule has 1 aromatic heterocycles. The van der Waals surface area contributed by atoms with Crippen molar-refractivity contribution in [2.45, 2.75) is 6.18 Å². The highest BCUT2D eigenvalue weighted by Gasteiger charge is 2.31. The Bertz CT molecular complexity index is 588. The number of benzene rings is 1. The molecule has 2 rings (SSSR count). The minimum atomic E-state index is -4.46. The van der Waals surface area contributed by atoms with Gasteiger partial charge in [-0.3, -0.25) is 0 Å². The van der Waals surface area contributed by atoms with E-state index in [1.165, 1.54) is 6.07 Å². The minimum Gasteiger partial charge on any atom is -0.398 e. The Kier molecular flexibility index (Phi) is 2.53. The molecule has 0 amide bonds. The minimum absolute atomic E-state index is 0.0655. The molecule has 9 heteroatoms. The zero-order chi connectivity index (χ0) is 13.5. The van der Waals surface area contributed by atoms with E-state index in [0.717, 1.165) is 16.8 Å². The molecule has 0 aliphatic rings. The summed E-state index contributed by atoms with van der Waals surface area (Å²) >= 11 is 0. The van der Waals surface area contributed by atoms with Gasteiger partial charge in [0.25, 0.3) is 0 Å². The van der Waals surface area contributed by atoms with Crippen LogP contribution in [0.3, 0.4) is 0 Å². The second kappa shape index (κ2) is 3.79. The number of rotatable bonds is 1. The van der Waals surface area contributed by atoms with E-state index in [0.29, 0.717) is 0 Å². The van der Waals surface area contributed by atoms with Crippen LogP contribution in [0.25, 0.3) is 11.4 Å². The fraction of sp³-hybridized carbons (Fsp3) is 0.111. The Morgan fingerprint density at radius 3 is 2.22 bits per heavy atom. The molecule has 0 saturated heterocycles. The van der Waals surface area contributed by atoms with Gasteiger partial charge in [0.2, 0.25) is 5.95 Å². The lowest BCUT2D eigenvalue weighted by molar-refractivity contribution is -0.137. The van der Waals surface area contributed by atoms with Crippen LogP contribution in [0.1, 0.15) is 5.56 Å². The van der Waals surface area contributed by atoms with Crippen LogP contribution in [-0.4, -0.2) is 14.9 Å². The van der Waals surface area contributed by atoms with E-state index in [2.05, 4.69) is 10.2 Å². The van der Waals surface area contributed by atoms with Crippen molar-refractivity contribution in [2.75, 3.05) is 17.3 Å². The standard InChI is InChI=1S/C9H9F3N6/c10-9(11,12)4-1-2-5(6(13)3-4)7-16-17-8(14)18(7)15/h1-3H,13,15H2,(H2,14,17). The molecule has 1 aromatic carbocycles. The van der Waals surface area contributed by atoms with Crippen LogP contribution in [0.5, 0.6) is 0 Å². The van der Waals surface area contributed by atoms with Crippen LogP contribution in [-0.2, 0) is 6.18 Å². The first-order chi connectivity index (χ1) is 8.30. The van der Waals surface area contributed by atoms with Gasteiger partial charge in [0.15, 0.2) is 5.82 Å². The molecule has 0 atom stereocenters. The molecule has 2 aromatic rings. The Labute approximate surface area is 99.2 Å². The lowest BCUT2D eigenvalue weighted by atomic mass is 10.1. The maximum atomic E-state index is 12.5. The van der Waals surface area contributed by atoms with Crippen LogP contribution in [0.15, 0.2) is 18.2 Å². The molecule has 0 spiro atoms. The SMILES string of the molecule is Nc1cc(C(F)(F)F)ccc1-c1nnc(N)n1N. The predicted octanol–water partition coefficient (Wildman–Crippen LogP) is 0.842. The summed E-state index contributed by atoms with van der Waals surface area (Å²) in [6.07, 6.45) is -4.46. The number of nitrogen functional groups attached to an aromatic ring is 3. The van der Waals surface area contributed by atoms with Crippen LogP contribution in [0.4, 0.5) is 24.8 Å². The number of alkyl halides is 3. The maximum Gasteiger partial charge on any atom is 0.416 e. The number of hydrogen-bond acceptors (Lipinski definition) is 5. The fourth-order valence-electron chi connectivity index (χ4n) is 1.43. The number of hydrogen-bond donors (Lipinski definition) is 3. The van der Waals surface area contributed by atoms with Gasteiger partial charge in [-0.1, -0.05) is 0 Å². The van der Waals surface area contributed by atoms with Crippen molar-refractivity contribution in [2.24, 2.45) is 0 Å². The molecule has 0 radical (unpaired) electrons. The van der Waals surface area contributed by atoms with Gasteiger partial charge >= 0.3 is 6.18 Å². The third kappa shape index (κ3) is 1.90. The van der Waals surface area contributed by atoms with E-state index in [1.807, 2.05) is 0 Å². The lowest BCUT2D eigenvalue weighted by Gasteiger charge is -2.10. The van der Waals surface area contributed by atoms with Gasteiger partial charge in [-0.05, 0) is 18.2 Å². The molecule has 1 heterocycles. The van der Waals surface area contributed by atoms with Crippen molar-refractivity contribution in [1.82, 2.24) is 14.9 Å². The molecule has 18 heavy (non-hydrogen) atoms. The Morgan fingerprint density at radius 1 is 1.11 bits per heavy atom. The molecular weight excluding hydrogens is 249 g/mol. The highest BCUT2D eigenvalue weighted by Crippen LogP contribution is 2.33. The third-order valence-corrected chi connectivity index (χ3v) is 2.34. The second-order valence-electron chi connectivity index (χ2n) is 3.55. The van der Waals surface area contributed by atoms with E-state index < -0.39 is 11.7 Å².